The lowest BCUT2D eigenvalue weighted by atomic mass is 9.84. The first-order chi connectivity index (χ1) is 9.33. The molecule has 0 unspecified atom stereocenters. The van der Waals surface area contributed by atoms with Crippen LogP contribution in [-0.4, -0.2) is 42.0 Å². The van der Waals surface area contributed by atoms with E-state index in [1.165, 1.54) is 42.9 Å². The van der Waals surface area contributed by atoms with Gasteiger partial charge in [-0.05, 0) is 67.6 Å². The largest absolute Gasteiger partial charge is 0.497 e. The summed E-state index contributed by atoms with van der Waals surface area (Å²) in [4.78, 5) is 4.05. The van der Waals surface area contributed by atoms with E-state index in [4.69, 9.17) is 4.74 Å². The van der Waals surface area contributed by atoms with E-state index >= 15 is 0 Å². The fraction of sp³-hybridized carbons (Fsp3) is 0.600. The van der Waals surface area contributed by atoms with Gasteiger partial charge in [-0.25, -0.2) is 4.31 Å². The Balaban J connectivity index is 1.53. The van der Waals surface area contributed by atoms with Crippen LogP contribution in [0.3, 0.4) is 0 Å². The first-order valence-corrected chi connectivity index (χ1v) is 7.95. The lowest BCUT2D eigenvalue weighted by Gasteiger charge is -2.47. The van der Waals surface area contributed by atoms with E-state index < -0.39 is 0 Å². The number of ether oxygens (including phenoxy) is 1. The van der Waals surface area contributed by atoms with Gasteiger partial charge in [0.15, 0.2) is 0 Å². The molecule has 4 heterocycles. The number of nitrogens with zero attached hydrogens (tertiary/aromatic N) is 2. The van der Waals surface area contributed by atoms with Crippen LogP contribution in [0.5, 0.6) is 5.75 Å². The fourth-order valence-electron chi connectivity index (χ4n) is 3.67. The number of benzene rings is 1. The summed E-state index contributed by atoms with van der Waals surface area (Å²) in [6, 6.07) is 7.22. The molecule has 0 aliphatic carbocycles. The van der Waals surface area contributed by atoms with Crippen LogP contribution in [-0.2, 0) is 6.54 Å². The second-order valence-corrected chi connectivity index (χ2v) is 6.94. The van der Waals surface area contributed by atoms with Crippen LogP contribution in [0.15, 0.2) is 23.1 Å². The van der Waals surface area contributed by atoms with Crippen molar-refractivity contribution in [3.05, 3.63) is 23.8 Å². The SMILES string of the molecule is COc1ccc2c(c1)CN([C@@H]1CN3CCC1CC3)S2. The minimum absolute atomic E-state index is 0.742. The second-order valence-electron chi connectivity index (χ2n) is 5.85. The number of methoxy groups -OCH3 is 1. The topological polar surface area (TPSA) is 15.7 Å². The van der Waals surface area contributed by atoms with Crippen molar-refractivity contribution in [2.45, 2.75) is 30.3 Å². The number of piperidine rings is 3. The smallest absolute Gasteiger partial charge is 0.119 e. The number of rotatable bonds is 2. The monoisotopic (exact) mass is 276 g/mol. The summed E-state index contributed by atoms with van der Waals surface area (Å²) in [6.45, 7) is 4.98. The van der Waals surface area contributed by atoms with Crippen molar-refractivity contribution in [1.29, 1.82) is 0 Å². The predicted molar refractivity (Wildman–Crippen MR) is 77.3 cm³/mol. The summed E-state index contributed by atoms with van der Waals surface area (Å²) >= 11 is 1.95. The molecule has 3 fully saturated rings. The van der Waals surface area contributed by atoms with Crippen molar-refractivity contribution in [2.75, 3.05) is 26.7 Å². The van der Waals surface area contributed by atoms with E-state index in [1.807, 2.05) is 11.9 Å². The molecule has 4 aliphatic heterocycles. The third-order valence-corrected chi connectivity index (χ3v) is 6.03. The lowest BCUT2D eigenvalue weighted by molar-refractivity contribution is 0.0420. The van der Waals surface area contributed by atoms with E-state index in [0.717, 1.165) is 24.3 Å². The molecule has 3 saturated heterocycles. The van der Waals surface area contributed by atoms with E-state index in [0.29, 0.717) is 0 Å². The Morgan fingerprint density at radius 2 is 2.11 bits per heavy atom. The van der Waals surface area contributed by atoms with Crippen LogP contribution >= 0.6 is 11.9 Å². The van der Waals surface area contributed by atoms with E-state index in [9.17, 15) is 0 Å². The van der Waals surface area contributed by atoms with Gasteiger partial charge in [0.05, 0.1) is 7.11 Å². The van der Waals surface area contributed by atoms with E-state index in [1.54, 1.807) is 7.11 Å². The van der Waals surface area contributed by atoms with Crippen molar-refractivity contribution in [1.82, 2.24) is 9.21 Å². The summed E-state index contributed by atoms with van der Waals surface area (Å²) in [5.41, 5.74) is 1.43. The third kappa shape index (κ3) is 2.06. The molecule has 0 aromatic heterocycles. The molecule has 0 amide bonds. The summed E-state index contributed by atoms with van der Waals surface area (Å²) in [7, 11) is 1.75. The highest BCUT2D eigenvalue weighted by molar-refractivity contribution is 7.97. The number of hydrogen-bond acceptors (Lipinski definition) is 4. The van der Waals surface area contributed by atoms with Crippen molar-refractivity contribution < 1.29 is 4.74 Å². The molecule has 5 rings (SSSR count). The highest BCUT2D eigenvalue weighted by atomic mass is 32.2. The Bertz CT molecular complexity index is 485. The van der Waals surface area contributed by atoms with Gasteiger partial charge in [-0.1, -0.05) is 0 Å². The maximum absolute atomic E-state index is 5.33. The van der Waals surface area contributed by atoms with Crippen LogP contribution in [0.2, 0.25) is 0 Å². The van der Waals surface area contributed by atoms with Crippen LogP contribution in [0, 0.1) is 5.92 Å². The predicted octanol–water partition coefficient (Wildman–Crippen LogP) is 2.61. The number of hydrogen-bond donors (Lipinski definition) is 0. The highest BCUT2D eigenvalue weighted by Crippen LogP contribution is 2.43. The molecule has 0 saturated carbocycles. The Hall–Kier alpha value is -0.710. The normalized spacial score (nSPS) is 33.4. The Kier molecular flexibility index (Phi) is 2.98. The molecule has 1 aromatic rings. The quantitative estimate of drug-likeness (QED) is 0.771. The maximum atomic E-state index is 5.33. The van der Waals surface area contributed by atoms with Gasteiger partial charge in [0, 0.05) is 24.0 Å². The molecule has 1 atom stereocenters. The van der Waals surface area contributed by atoms with Gasteiger partial charge < -0.3 is 9.64 Å². The Morgan fingerprint density at radius 3 is 2.79 bits per heavy atom. The molecular formula is C15H20N2OS. The molecule has 0 spiro atoms. The molecule has 0 radical (unpaired) electrons. The third-order valence-electron chi connectivity index (χ3n) is 4.80. The molecular weight excluding hydrogens is 256 g/mol. The van der Waals surface area contributed by atoms with Gasteiger partial charge in [-0.2, -0.15) is 0 Å². The summed E-state index contributed by atoms with van der Waals surface area (Å²) in [5.74, 6) is 1.89. The van der Waals surface area contributed by atoms with E-state index in [-0.39, 0.29) is 0 Å². The van der Waals surface area contributed by atoms with Crippen LogP contribution in [0.25, 0.3) is 0 Å². The lowest BCUT2D eigenvalue weighted by Crippen LogP contribution is -2.54. The van der Waals surface area contributed by atoms with Gasteiger partial charge in [0.1, 0.15) is 5.75 Å². The molecule has 0 N–H and O–H groups in total. The van der Waals surface area contributed by atoms with Gasteiger partial charge in [-0.3, -0.25) is 0 Å². The Labute approximate surface area is 119 Å². The van der Waals surface area contributed by atoms with Crippen LogP contribution in [0.1, 0.15) is 18.4 Å². The van der Waals surface area contributed by atoms with Gasteiger partial charge in [-0.15, -0.1) is 0 Å². The standard InChI is InChI=1S/C15H20N2OS/c1-18-13-2-3-15-12(8-13)9-17(19-15)14-10-16-6-4-11(14)5-7-16/h2-3,8,11,14H,4-7,9-10H2,1H3/t14-/m1/s1. The first kappa shape index (κ1) is 12.1. The first-order valence-electron chi connectivity index (χ1n) is 7.17. The fourth-order valence-corrected chi connectivity index (χ4v) is 4.87. The molecule has 19 heavy (non-hydrogen) atoms. The van der Waals surface area contributed by atoms with Crippen molar-refractivity contribution in [3.8, 4) is 5.75 Å². The average Bonchev–Trinajstić information content (AvgIpc) is 2.91. The number of fused-ring (bicyclic) bond motifs is 4. The summed E-state index contributed by atoms with van der Waals surface area (Å²) in [6.07, 6.45) is 2.78. The molecule has 102 valence electrons. The minimum atomic E-state index is 0.742. The molecule has 3 nitrogen and oxygen atoms in total. The zero-order chi connectivity index (χ0) is 12.8. The Morgan fingerprint density at radius 1 is 1.26 bits per heavy atom. The zero-order valence-corrected chi connectivity index (χ0v) is 12.2. The van der Waals surface area contributed by atoms with Gasteiger partial charge in [0.25, 0.3) is 0 Å². The van der Waals surface area contributed by atoms with Crippen molar-refractivity contribution >= 4 is 11.9 Å². The van der Waals surface area contributed by atoms with Crippen LogP contribution in [0.4, 0.5) is 0 Å². The highest BCUT2D eigenvalue weighted by Gasteiger charge is 2.39. The zero-order valence-electron chi connectivity index (χ0n) is 11.3. The minimum Gasteiger partial charge on any atom is -0.497 e. The van der Waals surface area contributed by atoms with Crippen molar-refractivity contribution in [2.24, 2.45) is 5.92 Å². The van der Waals surface area contributed by atoms with Gasteiger partial charge >= 0.3 is 0 Å². The maximum Gasteiger partial charge on any atom is 0.119 e. The molecule has 1 aromatic carbocycles. The summed E-state index contributed by atoms with van der Waals surface area (Å²) in [5, 5.41) is 0. The molecule has 2 bridgehead atoms. The second kappa shape index (κ2) is 4.69. The van der Waals surface area contributed by atoms with Gasteiger partial charge in [0.2, 0.25) is 0 Å². The van der Waals surface area contributed by atoms with Crippen LogP contribution < -0.4 is 4.74 Å². The molecule has 4 aliphatic rings. The van der Waals surface area contributed by atoms with E-state index in [2.05, 4.69) is 27.4 Å². The van der Waals surface area contributed by atoms with Crippen molar-refractivity contribution in [3.63, 3.8) is 0 Å². The average molecular weight is 276 g/mol. The summed E-state index contributed by atoms with van der Waals surface area (Å²) < 4.78 is 7.94. The molecule has 4 heteroatoms.